The van der Waals surface area contributed by atoms with Gasteiger partial charge in [0.1, 0.15) is 0 Å². The van der Waals surface area contributed by atoms with Crippen LogP contribution >= 0.6 is 0 Å². The predicted octanol–water partition coefficient (Wildman–Crippen LogP) is 7.20. The summed E-state index contributed by atoms with van der Waals surface area (Å²) in [4.78, 5) is 1.41. The van der Waals surface area contributed by atoms with Crippen LogP contribution in [0.3, 0.4) is 0 Å². The third-order valence-corrected chi connectivity index (χ3v) is 9.98. The van der Waals surface area contributed by atoms with Gasteiger partial charge in [-0.25, -0.2) is 0 Å². The molecule has 0 unspecified atom stereocenters. The fourth-order valence-corrected chi connectivity index (χ4v) is 7.78. The lowest BCUT2D eigenvalue weighted by molar-refractivity contribution is -0.658. The Kier molecular flexibility index (Phi) is 7.53. The van der Waals surface area contributed by atoms with E-state index < -0.39 is 32.0 Å². The highest BCUT2D eigenvalue weighted by Gasteiger charge is 2.33. The van der Waals surface area contributed by atoms with Crippen molar-refractivity contribution < 1.29 is 39.7 Å². The standard InChI is InChI=1S/C37H29N3O8S2/c1-2-24(20-36-40(23-50(44,45)46)37-30-13-11-25-7-3-5-9-28(25)29(30)14-16-34(37)48-36)19-35-39(22-49(41,42)43)32-21-27(12-15-33(32)47-35)38-18-17-26-8-4-6-10-31(26)38/h3-21H,2,22-23H2,1H3,(H-,41,42,43,44,45,46)/p+1. The molecule has 3 heterocycles. The number of hydrogen-bond acceptors (Lipinski definition) is 7. The van der Waals surface area contributed by atoms with Crippen molar-refractivity contribution in [3.8, 4) is 11.4 Å². The molecule has 8 rings (SSSR count). The summed E-state index contributed by atoms with van der Waals surface area (Å²) in [7, 11) is -9.02. The van der Waals surface area contributed by atoms with E-state index in [2.05, 4.69) is 0 Å². The first-order valence-corrected chi connectivity index (χ1v) is 18.9. The van der Waals surface area contributed by atoms with Crippen LogP contribution in [-0.2, 0) is 26.1 Å². The molecule has 50 heavy (non-hydrogen) atoms. The van der Waals surface area contributed by atoms with Crippen LogP contribution < -0.4 is 14.2 Å². The Morgan fingerprint density at radius 3 is 2.36 bits per heavy atom. The van der Waals surface area contributed by atoms with Crippen LogP contribution in [0.5, 0.6) is 5.75 Å². The Bertz CT molecular complexity index is 2800. The average molecular weight is 709 g/mol. The van der Waals surface area contributed by atoms with Crippen molar-refractivity contribution in [1.82, 2.24) is 4.57 Å². The maximum absolute atomic E-state index is 12.3. The molecule has 0 amide bonds. The smallest absolute Gasteiger partial charge is 0.375 e. The molecule has 0 saturated carbocycles. The number of anilines is 1. The summed E-state index contributed by atoms with van der Waals surface area (Å²) >= 11 is 0. The largest absolute Gasteiger partial charge is 0.439 e. The SMILES string of the molecule is CCC(/C=C1\Oc2ccc3c(ccc4ccccc43)c2N1CS(=O)(=O)O)=C\c1oc2ccc(-n3ccc4ccccc43)cc2[n+]1CS(=O)(=O)O. The van der Waals surface area contributed by atoms with E-state index in [0.717, 1.165) is 38.1 Å². The van der Waals surface area contributed by atoms with Gasteiger partial charge >= 0.3 is 16.0 Å². The van der Waals surface area contributed by atoms with Crippen molar-refractivity contribution in [3.05, 3.63) is 127 Å². The molecule has 0 bridgehead atoms. The third-order valence-electron chi connectivity index (χ3n) is 8.81. The molecule has 0 spiro atoms. The number of aromatic nitrogens is 2. The van der Waals surface area contributed by atoms with E-state index in [1.807, 2.05) is 96.6 Å². The Hall–Kier alpha value is -5.47. The summed E-state index contributed by atoms with van der Waals surface area (Å²) in [5.74, 6) is -0.848. The maximum atomic E-state index is 12.3. The van der Waals surface area contributed by atoms with Crippen LogP contribution in [0.2, 0.25) is 0 Å². The number of hydrogen-bond donors (Lipinski definition) is 2. The number of rotatable bonds is 8. The van der Waals surface area contributed by atoms with Gasteiger partial charge in [-0.2, -0.15) is 16.8 Å². The molecule has 11 nitrogen and oxygen atoms in total. The quantitative estimate of drug-likeness (QED) is 0.0952. The fourth-order valence-electron chi connectivity index (χ4n) is 6.60. The van der Waals surface area contributed by atoms with Gasteiger partial charge in [0.05, 0.1) is 23.0 Å². The Labute approximate surface area is 287 Å². The first kappa shape index (κ1) is 31.8. The van der Waals surface area contributed by atoms with Gasteiger partial charge in [0.15, 0.2) is 11.6 Å². The molecular formula is C37H30N3O8S2+. The van der Waals surface area contributed by atoms with Crippen molar-refractivity contribution >= 4 is 75.5 Å². The lowest BCUT2D eigenvalue weighted by atomic mass is 10.0. The van der Waals surface area contributed by atoms with Gasteiger partial charge in [-0.05, 0) is 69.9 Å². The van der Waals surface area contributed by atoms with E-state index in [4.69, 9.17) is 9.15 Å². The molecule has 7 aromatic rings. The molecule has 1 aliphatic heterocycles. The summed E-state index contributed by atoms with van der Waals surface area (Å²) in [6, 6.07) is 30.6. The van der Waals surface area contributed by atoms with Crippen LogP contribution in [0.25, 0.3) is 55.3 Å². The first-order valence-electron chi connectivity index (χ1n) is 15.7. The van der Waals surface area contributed by atoms with Crippen LogP contribution in [0.1, 0.15) is 19.2 Å². The zero-order valence-corrected chi connectivity index (χ0v) is 28.2. The Morgan fingerprint density at radius 2 is 1.58 bits per heavy atom. The van der Waals surface area contributed by atoms with Gasteiger partial charge in [0, 0.05) is 23.7 Å². The van der Waals surface area contributed by atoms with Gasteiger partial charge in [-0.15, -0.1) is 4.57 Å². The number of para-hydroxylation sites is 1. The lowest BCUT2D eigenvalue weighted by Crippen LogP contribution is -2.39. The van der Waals surface area contributed by atoms with Crippen molar-refractivity contribution in [1.29, 1.82) is 0 Å². The predicted molar refractivity (Wildman–Crippen MR) is 192 cm³/mol. The molecule has 2 aromatic heterocycles. The molecule has 252 valence electrons. The van der Waals surface area contributed by atoms with Gasteiger partial charge in [-0.3, -0.25) is 14.0 Å². The summed E-state index contributed by atoms with van der Waals surface area (Å²) in [6.07, 6.45) is 5.57. The first-order chi connectivity index (χ1) is 24.0. The second-order valence-corrected chi connectivity index (χ2v) is 14.9. The van der Waals surface area contributed by atoms with E-state index in [0.29, 0.717) is 34.5 Å². The normalized spacial score (nSPS) is 14.7. The molecule has 0 atom stereocenters. The molecule has 0 fully saturated rings. The van der Waals surface area contributed by atoms with Gasteiger partial charge in [0.2, 0.25) is 11.5 Å². The van der Waals surface area contributed by atoms with Gasteiger partial charge < -0.3 is 13.7 Å². The van der Waals surface area contributed by atoms with E-state index in [9.17, 15) is 25.9 Å². The molecule has 0 aliphatic carbocycles. The number of fused-ring (bicyclic) bond motifs is 7. The van der Waals surface area contributed by atoms with Crippen molar-refractivity contribution in [2.24, 2.45) is 0 Å². The minimum atomic E-state index is -4.51. The van der Waals surface area contributed by atoms with E-state index in [-0.39, 0.29) is 11.8 Å². The number of ether oxygens (including phenoxy) is 1. The summed E-state index contributed by atoms with van der Waals surface area (Å²) in [5.41, 5.74) is 3.62. The van der Waals surface area contributed by atoms with Crippen molar-refractivity contribution in [3.63, 3.8) is 0 Å². The number of benzene rings is 5. The minimum Gasteiger partial charge on any atom is -0.439 e. The van der Waals surface area contributed by atoms with Crippen molar-refractivity contribution in [2.75, 3.05) is 10.8 Å². The topological polar surface area (TPSA) is 143 Å². The van der Waals surface area contributed by atoms with Crippen LogP contribution in [0.4, 0.5) is 5.69 Å². The highest BCUT2D eigenvalue weighted by Crippen LogP contribution is 2.46. The monoisotopic (exact) mass is 708 g/mol. The zero-order valence-electron chi connectivity index (χ0n) is 26.6. The third kappa shape index (κ3) is 5.79. The number of allylic oxidation sites excluding steroid dienone is 2. The molecule has 0 saturated heterocycles. The van der Waals surface area contributed by atoms with E-state index >= 15 is 0 Å². The van der Waals surface area contributed by atoms with E-state index in [1.54, 1.807) is 30.4 Å². The van der Waals surface area contributed by atoms with E-state index in [1.165, 1.54) is 9.47 Å². The minimum absolute atomic E-state index is 0.134. The Balaban J connectivity index is 1.25. The Morgan fingerprint density at radius 1 is 0.820 bits per heavy atom. The number of oxazole rings is 1. The average Bonchev–Trinajstić information content (AvgIpc) is 3.76. The second kappa shape index (κ2) is 11.8. The van der Waals surface area contributed by atoms with Gasteiger partial charge in [0.25, 0.3) is 21.5 Å². The molecule has 2 N–H and O–H groups in total. The summed E-state index contributed by atoms with van der Waals surface area (Å²) < 4.78 is 84.8. The lowest BCUT2D eigenvalue weighted by Gasteiger charge is -2.18. The van der Waals surface area contributed by atoms with Crippen LogP contribution in [0, 0.1) is 0 Å². The van der Waals surface area contributed by atoms with Crippen molar-refractivity contribution in [2.45, 2.75) is 19.2 Å². The summed E-state index contributed by atoms with van der Waals surface area (Å²) in [6.45, 7) is 1.87. The second-order valence-electron chi connectivity index (χ2n) is 12.1. The van der Waals surface area contributed by atoms with Crippen LogP contribution in [0.15, 0.2) is 125 Å². The molecule has 1 aliphatic rings. The zero-order chi connectivity index (χ0) is 34.8. The van der Waals surface area contributed by atoms with Gasteiger partial charge in [-0.1, -0.05) is 61.5 Å². The summed E-state index contributed by atoms with van der Waals surface area (Å²) in [5, 5.41) is 4.66. The van der Waals surface area contributed by atoms with Crippen LogP contribution in [-0.4, -0.2) is 36.4 Å². The highest BCUT2D eigenvalue weighted by molar-refractivity contribution is 7.85. The fraction of sp³-hybridized carbons (Fsp3) is 0.108. The number of nitrogens with zero attached hydrogens (tertiary/aromatic N) is 3. The molecular weight excluding hydrogens is 679 g/mol. The highest BCUT2D eigenvalue weighted by atomic mass is 32.2. The maximum Gasteiger partial charge on any atom is 0.375 e. The molecule has 13 heteroatoms. The molecule has 5 aromatic carbocycles. The molecule has 0 radical (unpaired) electrons.